The van der Waals surface area contributed by atoms with Crippen molar-refractivity contribution in [3.05, 3.63) is 39.9 Å². The maximum atomic E-state index is 12.5. The number of amides is 1. The van der Waals surface area contributed by atoms with Crippen molar-refractivity contribution in [2.75, 3.05) is 13.1 Å². The van der Waals surface area contributed by atoms with E-state index in [1.807, 2.05) is 20.8 Å². The average molecular weight is 334 g/mol. The summed E-state index contributed by atoms with van der Waals surface area (Å²) in [6.45, 7) is 6.39. The molecule has 1 heterocycles. The van der Waals surface area contributed by atoms with E-state index in [9.17, 15) is 19.7 Å². The molecule has 0 bridgehead atoms. The molecule has 1 aliphatic rings. The van der Waals surface area contributed by atoms with E-state index < -0.39 is 10.5 Å². The van der Waals surface area contributed by atoms with E-state index in [2.05, 4.69) is 0 Å². The van der Waals surface area contributed by atoms with Gasteiger partial charge in [-0.1, -0.05) is 0 Å². The normalized spacial score (nSPS) is 15.9. The molecular formula is C17H22N2O5. The summed E-state index contributed by atoms with van der Waals surface area (Å²) < 4.78 is 5.33. The number of benzene rings is 1. The van der Waals surface area contributed by atoms with E-state index >= 15 is 0 Å². The van der Waals surface area contributed by atoms with Crippen LogP contribution in [-0.2, 0) is 4.74 Å². The van der Waals surface area contributed by atoms with Gasteiger partial charge in [0.25, 0.3) is 5.69 Å². The number of hydrogen-bond donors (Lipinski definition) is 0. The first-order valence-corrected chi connectivity index (χ1v) is 7.94. The highest BCUT2D eigenvalue weighted by Gasteiger charge is 2.30. The van der Waals surface area contributed by atoms with Crippen molar-refractivity contribution in [3.8, 4) is 0 Å². The first kappa shape index (κ1) is 17.9. The van der Waals surface area contributed by atoms with Gasteiger partial charge in [-0.2, -0.15) is 0 Å². The topological polar surface area (TPSA) is 89.8 Å². The summed E-state index contributed by atoms with van der Waals surface area (Å²) in [5.41, 5.74) is -0.106. The number of hydrogen-bond acceptors (Lipinski definition) is 5. The predicted octanol–water partition coefficient (Wildman–Crippen LogP) is 3.42. The lowest BCUT2D eigenvalue weighted by atomic mass is 9.89. The lowest BCUT2D eigenvalue weighted by Crippen LogP contribution is -2.43. The fourth-order valence-corrected chi connectivity index (χ4v) is 2.63. The van der Waals surface area contributed by atoms with Crippen LogP contribution in [0.25, 0.3) is 0 Å². The molecule has 2 rings (SSSR count). The average Bonchev–Trinajstić information content (AvgIpc) is 2.53. The van der Waals surface area contributed by atoms with Crippen molar-refractivity contribution in [1.29, 1.82) is 0 Å². The molecular weight excluding hydrogens is 312 g/mol. The van der Waals surface area contributed by atoms with Crippen LogP contribution in [-0.4, -0.2) is 40.4 Å². The lowest BCUT2D eigenvalue weighted by molar-refractivity contribution is -0.384. The number of nitro groups is 1. The first-order chi connectivity index (χ1) is 11.2. The lowest BCUT2D eigenvalue weighted by Gasteiger charge is -2.32. The monoisotopic (exact) mass is 334 g/mol. The molecule has 1 amide bonds. The second-order valence-electron chi connectivity index (χ2n) is 6.91. The first-order valence-electron chi connectivity index (χ1n) is 7.94. The molecule has 7 nitrogen and oxygen atoms in total. The van der Waals surface area contributed by atoms with E-state index in [0.29, 0.717) is 31.5 Å². The van der Waals surface area contributed by atoms with Gasteiger partial charge in [-0.3, -0.25) is 14.9 Å². The number of rotatable bonds is 3. The van der Waals surface area contributed by atoms with Crippen molar-refractivity contribution >= 4 is 17.6 Å². The van der Waals surface area contributed by atoms with Crippen LogP contribution in [0, 0.1) is 16.0 Å². The number of likely N-dealkylation sites (tertiary alicyclic amines) is 1. The molecule has 0 aliphatic carbocycles. The van der Waals surface area contributed by atoms with Crippen LogP contribution in [0.1, 0.15) is 44.0 Å². The van der Waals surface area contributed by atoms with Crippen molar-refractivity contribution in [2.24, 2.45) is 5.92 Å². The Morgan fingerprint density at radius 1 is 1.17 bits per heavy atom. The molecule has 0 atom stereocenters. The Morgan fingerprint density at radius 3 is 2.17 bits per heavy atom. The zero-order chi connectivity index (χ0) is 17.9. The Morgan fingerprint density at radius 2 is 1.71 bits per heavy atom. The third-order valence-corrected chi connectivity index (χ3v) is 3.88. The van der Waals surface area contributed by atoms with Gasteiger partial charge in [0, 0.05) is 36.7 Å². The molecule has 1 aromatic rings. The SMILES string of the molecule is CC(C)(C)OC(=O)N1CCC(C(=O)c2ccc([N+](=O)[O-])cc2)CC1. The number of ether oxygens (including phenoxy) is 1. The second kappa shape index (κ2) is 6.98. The summed E-state index contributed by atoms with van der Waals surface area (Å²) >= 11 is 0. The van der Waals surface area contributed by atoms with Crippen LogP contribution in [0.2, 0.25) is 0 Å². The minimum atomic E-state index is -0.539. The van der Waals surface area contributed by atoms with Crippen LogP contribution in [0.5, 0.6) is 0 Å². The van der Waals surface area contributed by atoms with Gasteiger partial charge in [-0.05, 0) is 45.7 Å². The van der Waals surface area contributed by atoms with Gasteiger partial charge in [0.15, 0.2) is 5.78 Å². The highest BCUT2D eigenvalue weighted by atomic mass is 16.6. The summed E-state index contributed by atoms with van der Waals surface area (Å²) in [5.74, 6) is -0.209. The fraction of sp³-hybridized carbons (Fsp3) is 0.529. The number of nitrogens with zero attached hydrogens (tertiary/aromatic N) is 2. The summed E-state index contributed by atoms with van der Waals surface area (Å²) in [5, 5.41) is 10.7. The number of Topliss-reactive ketones (excluding diaryl/α,β-unsaturated/α-hetero) is 1. The van der Waals surface area contributed by atoms with Crippen molar-refractivity contribution in [3.63, 3.8) is 0 Å². The Labute approximate surface area is 140 Å². The number of non-ortho nitro benzene ring substituents is 1. The molecule has 0 spiro atoms. The zero-order valence-electron chi connectivity index (χ0n) is 14.2. The molecule has 1 saturated heterocycles. The summed E-state index contributed by atoms with van der Waals surface area (Å²) in [7, 11) is 0. The fourth-order valence-electron chi connectivity index (χ4n) is 2.63. The Bertz CT molecular complexity index is 625. The van der Waals surface area contributed by atoms with E-state index in [0.717, 1.165) is 0 Å². The van der Waals surface area contributed by atoms with Crippen LogP contribution in [0.15, 0.2) is 24.3 Å². The van der Waals surface area contributed by atoms with Gasteiger partial charge in [0.2, 0.25) is 0 Å². The molecule has 0 N–H and O–H groups in total. The largest absolute Gasteiger partial charge is 0.444 e. The van der Waals surface area contributed by atoms with Gasteiger partial charge >= 0.3 is 6.09 Å². The number of nitro benzene ring substituents is 1. The summed E-state index contributed by atoms with van der Waals surface area (Å²) in [6.07, 6.45) is 0.771. The molecule has 0 unspecified atom stereocenters. The van der Waals surface area contributed by atoms with Gasteiger partial charge in [-0.15, -0.1) is 0 Å². The summed E-state index contributed by atoms with van der Waals surface area (Å²) in [4.78, 5) is 36.3. The quantitative estimate of drug-likeness (QED) is 0.480. The van der Waals surface area contributed by atoms with E-state index in [1.165, 1.54) is 24.3 Å². The van der Waals surface area contributed by atoms with Gasteiger partial charge in [-0.25, -0.2) is 4.79 Å². The van der Waals surface area contributed by atoms with Gasteiger partial charge in [0.1, 0.15) is 5.60 Å². The molecule has 24 heavy (non-hydrogen) atoms. The Kier molecular flexibility index (Phi) is 5.21. The minimum absolute atomic E-state index is 0.0336. The van der Waals surface area contributed by atoms with Crippen LogP contribution < -0.4 is 0 Å². The zero-order valence-corrected chi connectivity index (χ0v) is 14.2. The molecule has 0 saturated carbocycles. The number of ketones is 1. The number of carbonyl (C=O) groups excluding carboxylic acids is 2. The maximum Gasteiger partial charge on any atom is 0.410 e. The standard InChI is InChI=1S/C17H22N2O5/c1-17(2,3)24-16(21)18-10-8-13(9-11-18)15(20)12-4-6-14(7-5-12)19(22)23/h4-7,13H,8-11H2,1-3H3. The van der Waals surface area contributed by atoms with Crippen LogP contribution >= 0.6 is 0 Å². The van der Waals surface area contributed by atoms with Crippen molar-refractivity contribution in [1.82, 2.24) is 4.90 Å². The molecule has 1 fully saturated rings. The molecule has 130 valence electrons. The van der Waals surface area contributed by atoms with Crippen molar-refractivity contribution in [2.45, 2.75) is 39.2 Å². The summed E-state index contributed by atoms with van der Waals surface area (Å²) in [6, 6.07) is 5.65. The highest BCUT2D eigenvalue weighted by Crippen LogP contribution is 2.24. The third kappa shape index (κ3) is 4.53. The third-order valence-electron chi connectivity index (χ3n) is 3.88. The molecule has 0 radical (unpaired) electrons. The minimum Gasteiger partial charge on any atom is -0.444 e. The van der Waals surface area contributed by atoms with Crippen LogP contribution in [0.4, 0.5) is 10.5 Å². The smallest absolute Gasteiger partial charge is 0.410 e. The molecule has 0 aromatic heterocycles. The van der Waals surface area contributed by atoms with Crippen LogP contribution in [0.3, 0.4) is 0 Å². The van der Waals surface area contributed by atoms with E-state index in [1.54, 1.807) is 4.90 Å². The van der Waals surface area contributed by atoms with Crippen molar-refractivity contribution < 1.29 is 19.2 Å². The maximum absolute atomic E-state index is 12.5. The van der Waals surface area contributed by atoms with E-state index in [-0.39, 0.29) is 23.5 Å². The second-order valence-corrected chi connectivity index (χ2v) is 6.91. The number of carbonyl (C=O) groups is 2. The highest BCUT2D eigenvalue weighted by molar-refractivity contribution is 5.98. The molecule has 1 aliphatic heterocycles. The van der Waals surface area contributed by atoms with Gasteiger partial charge in [0.05, 0.1) is 4.92 Å². The Hall–Kier alpha value is -2.44. The predicted molar refractivity (Wildman–Crippen MR) is 88.0 cm³/mol. The Balaban J connectivity index is 1.93. The van der Waals surface area contributed by atoms with E-state index in [4.69, 9.17) is 4.74 Å². The number of piperidine rings is 1. The molecule has 1 aromatic carbocycles. The van der Waals surface area contributed by atoms with Gasteiger partial charge < -0.3 is 9.64 Å². The molecule has 7 heteroatoms.